The summed E-state index contributed by atoms with van der Waals surface area (Å²) in [6.45, 7) is 11.7. The van der Waals surface area contributed by atoms with Gasteiger partial charge in [-0.2, -0.15) is 0 Å². The Bertz CT molecular complexity index is 539. The van der Waals surface area contributed by atoms with Crippen molar-refractivity contribution < 1.29 is 19.1 Å². The first-order chi connectivity index (χ1) is 13.4. The molecule has 0 aliphatic carbocycles. The van der Waals surface area contributed by atoms with Crippen LogP contribution in [0.15, 0.2) is 0 Å². The van der Waals surface area contributed by atoms with Crippen molar-refractivity contribution in [3.63, 3.8) is 0 Å². The van der Waals surface area contributed by atoms with E-state index in [4.69, 9.17) is 10.5 Å². The highest BCUT2D eigenvalue weighted by molar-refractivity contribution is 5.90. The second-order valence-corrected chi connectivity index (χ2v) is 8.51. The van der Waals surface area contributed by atoms with Crippen LogP contribution in [0.2, 0.25) is 0 Å². The highest BCUT2D eigenvalue weighted by Gasteiger charge is 2.37. The van der Waals surface area contributed by atoms with Crippen LogP contribution in [0.25, 0.3) is 0 Å². The van der Waals surface area contributed by atoms with Crippen LogP contribution in [0.5, 0.6) is 0 Å². The summed E-state index contributed by atoms with van der Waals surface area (Å²) in [6, 6.07) is -1.41. The molecule has 0 bridgehead atoms. The maximum absolute atomic E-state index is 13.4. The highest BCUT2D eigenvalue weighted by atomic mass is 16.5. The monoisotopic (exact) mass is 414 g/mol. The van der Waals surface area contributed by atoms with Crippen molar-refractivity contribution in [3.05, 3.63) is 0 Å². The number of nitrogens with zero attached hydrogens (tertiary/aromatic N) is 1. The minimum Gasteiger partial charge on any atom is -0.379 e. The third-order valence-corrected chi connectivity index (χ3v) is 5.60. The summed E-state index contributed by atoms with van der Waals surface area (Å²) < 4.78 is 5.53. The first-order valence-corrected chi connectivity index (χ1v) is 10.5. The number of primary amides is 1. The molecular weight excluding hydrogens is 372 g/mol. The lowest BCUT2D eigenvalue weighted by molar-refractivity contribution is -0.144. The van der Waals surface area contributed by atoms with Crippen molar-refractivity contribution in [2.24, 2.45) is 23.5 Å². The molecule has 0 aliphatic rings. The maximum atomic E-state index is 13.4. The van der Waals surface area contributed by atoms with Crippen molar-refractivity contribution in [1.82, 2.24) is 15.5 Å². The first-order valence-electron chi connectivity index (χ1n) is 10.5. The van der Waals surface area contributed by atoms with E-state index in [-0.39, 0.29) is 48.1 Å². The molecule has 8 nitrogen and oxygen atoms in total. The van der Waals surface area contributed by atoms with Crippen LogP contribution < -0.4 is 16.4 Å². The van der Waals surface area contributed by atoms with Gasteiger partial charge in [-0.15, -0.1) is 0 Å². The zero-order valence-corrected chi connectivity index (χ0v) is 19.6. The summed E-state index contributed by atoms with van der Waals surface area (Å²) in [4.78, 5) is 39.2. The van der Waals surface area contributed by atoms with Crippen LogP contribution in [0.3, 0.4) is 0 Å². The van der Waals surface area contributed by atoms with Gasteiger partial charge in [0.05, 0.1) is 24.6 Å². The molecule has 8 heteroatoms. The number of nitrogens with one attached hydrogen (secondary N) is 2. The van der Waals surface area contributed by atoms with Gasteiger partial charge in [0.1, 0.15) is 6.04 Å². The quantitative estimate of drug-likeness (QED) is 0.418. The van der Waals surface area contributed by atoms with Gasteiger partial charge in [0, 0.05) is 14.2 Å². The largest absolute Gasteiger partial charge is 0.379 e. The Hall–Kier alpha value is -1.67. The van der Waals surface area contributed by atoms with E-state index < -0.39 is 18.1 Å². The topological polar surface area (TPSA) is 114 Å². The van der Waals surface area contributed by atoms with Crippen molar-refractivity contribution in [1.29, 1.82) is 0 Å². The van der Waals surface area contributed by atoms with Gasteiger partial charge in [-0.25, -0.2) is 0 Å². The van der Waals surface area contributed by atoms with Crippen molar-refractivity contribution in [2.75, 3.05) is 21.2 Å². The van der Waals surface area contributed by atoms with Gasteiger partial charge in [0.2, 0.25) is 17.7 Å². The number of carbonyl (C=O) groups is 3. The number of likely N-dealkylation sites (N-methyl/N-ethyl adjacent to an activating group) is 2. The summed E-state index contributed by atoms with van der Waals surface area (Å²) in [5, 5.41) is 5.92. The van der Waals surface area contributed by atoms with E-state index in [1.807, 2.05) is 41.5 Å². The molecule has 29 heavy (non-hydrogen) atoms. The van der Waals surface area contributed by atoms with E-state index in [2.05, 4.69) is 10.6 Å². The molecule has 0 aromatic rings. The normalized spacial score (nSPS) is 16.8. The first kappa shape index (κ1) is 27.3. The Morgan fingerprint density at radius 3 is 1.90 bits per heavy atom. The third kappa shape index (κ3) is 7.93. The van der Waals surface area contributed by atoms with Crippen molar-refractivity contribution in [3.8, 4) is 0 Å². The van der Waals surface area contributed by atoms with Gasteiger partial charge < -0.3 is 26.0 Å². The second-order valence-electron chi connectivity index (χ2n) is 8.51. The fourth-order valence-electron chi connectivity index (χ4n) is 3.67. The molecule has 0 spiro atoms. The highest BCUT2D eigenvalue weighted by Crippen LogP contribution is 2.23. The number of hydrogen-bond donors (Lipinski definition) is 3. The number of nitrogens with two attached hydrogens (primary N) is 1. The minimum atomic E-state index is -0.681. The van der Waals surface area contributed by atoms with E-state index in [1.165, 1.54) is 7.11 Å². The molecule has 0 saturated carbocycles. The summed E-state index contributed by atoms with van der Waals surface area (Å²) >= 11 is 0. The van der Waals surface area contributed by atoms with Crippen LogP contribution in [0.4, 0.5) is 0 Å². The van der Waals surface area contributed by atoms with E-state index in [1.54, 1.807) is 19.0 Å². The smallest absolute Gasteiger partial charge is 0.245 e. The van der Waals surface area contributed by atoms with Crippen molar-refractivity contribution >= 4 is 17.7 Å². The van der Waals surface area contributed by atoms with Gasteiger partial charge in [-0.3, -0.25) is 14.4 Å². The Morgan fingerprint density at radius 2 is 1.55 bits per heavy atom. The molecule has 5 atom stereocenters. The number of methoxy groups -OCH3 is 1. The fourth-order valence-corrected chi connectivity index (χ4v) is 3.67. The summed E-state index contributed by atoms with van der Waals surface area (Å²) in [7, 11) is 4.95. The lowest BCUT2D eigenvalue weighted by Crippen LogP contribution is -2.59. The Kier molecular flexibility index (Phi) is 12.1. The zero-order valence-electron chi connectivity index (χ0n) is 19.6. The molecule has 0 aromatic heterocycles. The van der Waals surface area contributed by atoms with Crippen LogP contribution in [0, 0.1) is 17.8 Å². The van der Waals surface area contributed by atoms with Crippen LogP contribution in [-0.2, 0) is 19.1 Å². The maximum Gasteiger partial charge on any atom is 0.245 e. The minimum absolute atomic E-state index is 0.0248. The molecule has 0 aromatic carbocycles. The second kappa shape index (κ2) is 12.8. The molecule has 0 fully saturated rings. The molecule has 170 valence electrons. The summed E-state index contributed by atoms with van der Waals surface area (Å²) in [5.74, 6) is -0.825. The lowest BCUT2D eigenvalue weighted by Gasteiger charge is -2.40. The van der Waals surface area contributed by atoms with Crippen LogP contribution in [-0.4, -0.2) is 68.1 Å². The standard InChI is InChI=1S/C21H42N4O4/c1-10-14(6)19(15(29-9)11-16(22)26)25(8)21(28)18(13(4)5)24-20(27)17(23-7)12(2)3/h12-15,17-19,23H,10-11H2,1-9H3,(H2,22,26)(H,24,27)/t14-,15+,17?,18-,19-/m0/s1. The molecular formula is C21H42N4O4. The van der Waals surface area contributed by atoms with Gasteiger partial charge in [-0.1, -0.05) is 48.0 Å². The van der Waals surface area contributed by atoms with Gasteiger partial charge in [-0.05, 0) is 24.8 Å². The fraction of sp³-hybridized carbons (Fsp3) is 0.857. The SMILES string of the molecule is CC[C@H](C)[C@@H]([C@@H](CC(N)=O)OC)N(C)C(=O)[C@@H](NC(=O)C(NC)C(C)C)C(C)C. The molecule has 0 saturated heterocycles. The van der Waals surface area contributed by atoms with Crippen LogP contribution in [0.1, 0.15) is 54.4 Å². The number of hydrogen-bond acceptors (Lipinski definition) is 5. The number of carbonyl (C=O) groups excluding carboxylic acids is 3. The Labute approximate surface area is 176 Å². The molecule has 3 amide bonds. The summed E-state index contributed by atoms with van der Waals surface area (Å²) in [6.07, 6.45) is 0.312. The number of ether oxygens (including phenoxy) is 1. The van der Waals surface area contributed by atoms with E-state index >= 15 is 0 Å². The number of amides is 3. The molecule has 1 unspecified atom stereocenters. The van der Waals surface area contributed by atoms with E-state index in [0.717, 1.165) is 6.42 Å². The Balaban J connectivity index is 5.72. The third-order valence-electron chi connectivity index (χ3n) is 5.60. The average molecular weight is 415 g/mol. The predicted molar refractivity (Wildman–Crippen MR) is 115 cm³/mol. The summed E-state index contributed by atoms with van der Waals surface area (Å²) in [5.41, 5.74) is 5.39. The molecule has 0 heterocycles. The van der Waals surface area contributed by atoms with Gasteiger partial charge in [0.25, 0.3) is 0 Å². The van der Waals surface area contributed by atoms with Crippen LogP contribution >= 0.6 is 0 Å². The predicted octanol–water partition coefficient (Wildman–Crippen LogP) is 1.13. The molecule has 0 rings (SSSR count). The van der Waals surface area contributed by atoms with E-state index in [0.29, 0.717) is 0 Å². The molecule has 0 radical (unpaired) electrons. The van der Waals surface area contributed by atoms with Gasteiger partial charge >= 0.3 is 0 Å². The zero-order chi connectivity index (χ0) is 22.9. The number of rotatable bonds is 13. The molecule has 0 aliphatic heterocycles. The average Bonchev–Trinajstić information content (AvgIpc) is 2.63. The Morgan fingerprint density at radius 1 is 1.03 bits per heavy atom. The lowest BCUT2D eigenvalue weighted by atomic mass is 9.90. The van der Waals surface area contributed by atoms with Crippen molar-refractivity contribution in [2.45, 2.75) is 78.6 Å². The van der Waals surface area contributed by atoms with Gasteiger partial charge in [0.15, 0.2) is 0 Å². The van der Waals surface area contributed by atoms with E-state index in [9.17, 15) is 14.4 Å². The molecule has 4 N–H and O–H groups in total.